The van der Waals surface area contributed by atoms with Crippen LogP contribution in [0.25, 0.3) is 0 Å². The quantitative estimate of drug-likeness (QED) is 0.650. The molecule has 1 heterocycles. The molecule has 0 saturated carbocycles. The van der Waals surface area contributed by atoms with Gasteiger partial charge in [0.15, 0.2) is 5.75 Å². The van der Waals surface area contributed by atoms with E-state index in [1.54, 1.807) is 42.2 Å². The van der Waals surface area contributed by atoms with Crippen LogP contribution in [0, 0.1) is 13.8 Å². The molecule has 0 spiro atoms. The van der Waals surface area contributed by atoms with Crippen molar-refractivity contribution in [1.29, 1.82) is 0 Å². The Hall–Kier alpha value is -3.32. The fourth-order valence-corrected chi connectivity index (χ4v) is 4.89. The number of aryl methyl sites for hydroxylation is 2. The van der Waals surface area contributed by atoms with Gasteiger partial charge in [0.05, 0.1) is 16.1 Å². The summed E-state index contributed by atoms with van der Waals surface area (Å²) in [5.74, 6) is 0.720. The lowest BCUT2D eigenvalue weighted by atomic mass is 10.1. The van der Waals surface area contributed by atoms with Crippen molar-refractivity contribution in [1.82, 2.24) is 0 Å². The van der Waals surface area contributed by atoms with Gasteiger partial charge in [0.2, 0.25) is 0 Å². The van der Waals surface area contributed by atoms with Gasteiger partial charge in [0.25, 0.3) is 15.9 Å². The SMILES string of the molecule is CCN1C(=O)c2cc(NS(=O)(=O)c3ccc(C)cc3C)ccc2Oc2ccccc21. The third kappa shape index (κ3) is 3.52. The van der Waals surface area contributed by atoms with E-state index in [0.29, 0.717) is 40.5 Å². The van der Waals surface area contributed by atoms with Crippen LogP contribution in [-0.4, -0.2) is 20.9 Å². The molecule has 1 aliphatic heterocycles. The molecule has 0 unspecified atom stereocenters. The van der Waals surface area contributed by atoms with Gasteiger partial charge < -0.3 is 9.64 Å². The van der Waals surface area contributed by atoms with Gasteiger partial charge >= 0.3 is 0 Å². The van der Waals surface area contributed by atoms with Crippen molar-refractivity contribution >= 4 is 27.3 Å². The summed E-state index contributed by atoms with van der Waals surface area (Å²) in [6, 6.07) is 17.2. The highest BCUT2D eigenvalue weighted by molar-refractivity contribution is 7.92. The van der Waals surface area contributed by atoms with Gasteiger partial charge in [-0.25, -0.2) is 8.42 Å². The molecule has 0 bridgehead atoms. The van der Waals surface area contributed by atoms with Gasteiger partial charge in [0, 0.05) is 12.2 Å². The first-order chi connectivity index (χ1) is 14.3. The fraction of sp³-hybridized carbons (Fsp3) is 0.174. The van der Waals surface area contributed by atoms with E-state index < -0.39 is 10.0 Å². The number of fused-ring (bicyclic) bond motifs is 2. The highest BCUT2D eigenvalue weighted by Gasteiger charge is 2.28. The van der Waals surface area contributed by atoms with Crippen molar-refractivity contribution in [3.05, 3.63) is 77.4 Å². The number of hydrogen-bond acceptors (Lipinski definition) is 4. The molecule has 0 radical (unpaired) electrons. The second-order valence-electron chi connectivity index (χ2n) is 7.20. The molecule has 7 heteroatoms. The number of amides is 1. The first kappa shape index (κ1) is 20.0. The number of carbonyl (C=O) groups is 1. The van der Waals surface area contributed by atoms with Crippen LogP contribution in [0.2, 0.25) is 0 Å². The monoisotopic (exact) mass is 422 g/mol. The Kier molecular flexibility index (Phi) is 4.99. The number of nitrogens with one attached hydrogen (secondary N) is 1. The molecule has 0 aromatic heterocycles. The number of hydrogen-bond donors (Lipinski definition) is 1. The third-order valence-electron chi connectivity index (χ3n) is 5.02. The first-order valence-corrected chi connectivity index (χ1v) is 11.1. The van der Waals surface area contributed by atoms with Crippen molar-refractivity contribution in [2.75, 3.05) is 16.2 Å². The summed E-state index contributed by atoms with van der Waals surface area (Å²) in [5, 5.41) is 0. The van der Waals surface area contributed by atoms with E-state index >= 15 is 0 Å². The molecule has 6 nitrogen and oxygen atoms in total. The summed E-state index contributed by atoms with van der Waals surface area (Å²) in [6.07, 6.45) is 0. The maximum atomic E-state index is 13.2. The molecule has 0 saturated heterocycles. The molecule has 0 atom stereocenters. The zero-order chi connectivity index (χ0) is 21.5. The smallest absolute Gasteiger partial charge is 0.262 e. The molecule has 30 heavy (non-hydrogen) atoms. The van der Waals surface area contributed by atoms with Crippen LogP contribution in [0.5, 0.6) is 11.5 Å². The molecule has 3 aromatic rings. The fourth-order valence-electron chi connectivity index (χ4n) is 3.61. The summed E-state index contributed by atoms with van der Waals surface area (Å²) >= 11 is 0. The Morgan fingerprint density at radius 3 is 2.47 bits per heavy atom. The van der Waals surface area contributed by atoms with Gasteiger partial charge in [-0.2, -0.15) is 0 Å². The van der Waals surface area contributed by atoms with Crippen molar-refractivity contribution in [3.63, 3.8) is 0 Å². The predicted molar refractivity (Wildman–Crippen MR) is 117 cm³/mol. The Bertz CT molecular complexity index is 1250. The second-order valence-corrected chi connectivity index (χ2v) is 8.86. The second kappa shape index (κ2) is 7.50. The Labute approximate surface area is 176 Å². The lowest BCUT2D eigenvalue weighted by Gasteiger charge is -2.20. The molecule has 3 aromatic carbocycles. The van der Waals surface area contributed by atoms with Gasteiger partial charge in [-0.15, -0.1) is 0 Å². The summed E-state index contributed by atoms with van der Waals surface area (Å²) in [7, 11) is -3.80. The lowest BCUT2D eigenvalue weighted by Crippen LogP contribution is -2.29. The molecule has 1 amide bonds. The van der Waals surface area contributed by atoms with Crippen LogP contribution in [0.4, 0.5) is 11.4 Å². The molecule has 4 rings (SSSR count). The number of para-hydroxylation sites is 2. The average Bonchev–Trinajstić information content (AvgIpc) is 2.81. The predicted octanol–water partition coefficient (Wildman–Crippen LogP) is 4.88. The number of nitrogens with zero attached hydrogens (tertiary/aromatic N) is 1. The van der Waals surface area contributed by atoms with E-state index in [9.17, 15) is 13.2 Å². The van der Waals surface area contributed by atoms with Crippen LogP contribution in [0.15, 0.2) is 65.6 Å². The lowest BCUT2D eigenvalue weighted by molar-refractivity contribution is 0.0988. The maximum absolute atomic E-state index is 13.2. The van der Waals surface area contributed by atoms with E-state index in [-0.39, 0.29) is 10.8 Å². The highest BCUT2D eigenvalue weighted by atomic mass is 32.2. The van der Waals surface area contributed by atoms with Crippen LogP contribution in [0.1, 0.15) is 28.4 Å². The number of carbonyl (C=O) groups excluding carboxylic acids is 1. The molecular weight excluding hydrogens is 400 g/mol. The molecule has 154 valence electrons. The van der Waals surface area contributed by atoms with E-state index in [0.717, 1.165) is 5.56 Å². The highest BCUT2D eigenvalue weighted by Crippen LogP contribution is 2.39. The number of ether oxygens (including phenoxy) is 1. The minimum atomic E-state index is -3.80. The van der Waals surface area contributed by atoms with Crippen LogP contribution in [-0.2, 0) is 10.0 Å². The summed E-state index contributed by atoms with van der Waals surface area (Å²) < 4.78 is 34.4. The van der Waals surface area contributed by atoms with Crippen LogP contribution < -0.4 is 14.4 Å². The van der Waals surface area contributed by atoms with E-state index in [4.69, 9.17) is 4.74 Å². The summed E-state index contributed by atoms with van der Waals surface area (Å²) in [6.45, 7) is 6.00. The Balaban J connectivity index is 1.73. The van der Waals surface area contributed by atoms with Gasteiger partial charge in [-0.3, -0.25) is 9.52 Å². The normalized spacial score (nSPS) is 13.2. The largest absolute Gasteiger partial charge is 0.454 e. The molecule has 1 aliphatic rings. The Morgan fingerprint density at radius 2 is 1.73 bits per heavy atom. The zero-order valence-electron chi connectivity index (χ0n) is 17.0. The first-order valence-electron chi connectivity index (χ1n) is 9.63. The van der Waals surface area contributed by atoms with Gasteiger partial charge in [-0.05, 0) is 62.7 Å². The number of sulfonamides is 1. The van der Waals surface area contributed by atoms with E-state index in [1.165, 1.54) is 6.07 Å². The van der Waals surface area contributed by atoms with Gasteiger partial charge in [0.1, 0.15) is 5.75 Å². The van der Waals surface area contributed by atoms with E-state index in [1.807, 2.05) is 38.1 Å². The molecule has 0 fully saturated rings. The van der Waals surface area contributed by atoms with Crippen LogP contribution >= 0.6 is 0 Å². The minimum Gasteiger partial charge on any atom is -0.454 e. The summed E-state index contributed by atoms with van der Waals surface area (Å²) in [5.41, 5.74) is 2.92. The van der Waals surface area contributed by atoms with Crippen molar-refractivity contribution in [2.45, 2.75) is 25.7 Å². The number of anilines is 2. The number of rotatable bonds is 4. The zero-order valence-corrected chi connectivity index (χ0v) is 17.8. The van der Waals surface area contributed by atoms with E-state index in [2.05, 4.69) is 4.72 Å². The Morgan fingerprint density at radius 1 is 0.967 bits per heavy atom. The number of benzene rings is 3. The average molecular weight is 423 g/mol. The van der Waals surface area contributed by atoms with Crippen LogP contribution in [0.3, 0.4) is 0 Å². The topological polar surface area (TPSA) is 75.7 Å². The van der Waals surface area contributed by atoms with Gasteiger partial charge in [-0.1, -0.05) is 29.8 Å². The third-order valence-corrected chi connectivity index (χ3v) is 6.56. The molecular formula is C23H22N2O4S. The van der Waals surface area contributed by atoms with Crippen molar-refractivity contribution < 1.29 is 17.9 Å². The van der Waals surface area contributed by atoms with Crippen molar-refractivity contribution in [3.8, 4) is 11.5 Å². The minimum absolute atomic E-state index is 0.202. The standard InChI is InChI=1S/C23H22N2O4S/c1-4-25-19-7-5-6-8-21(19)29-20-11-10-17(14-18(20)23(25)26)24-30(27,28)22-12-9-15(2)13-16(22)3/h5-14,24H,4H2,1-3H3. The van der Waals surface area contributed by atoms with Crippen molar-refractivity contribution in [2.24, 2.45) is 0 Å². The summed E-state index contributed by atoms with van der Waals surface area (Å²) in [4.78, 5) is 15.0. The molecule has 1 N–H and O–H groups in total. The maximum Gasteiger partial charge on any atom is 0.262 e. The molecule has 0 aliphatic carbocycles.